The van der Waals surface area contributed by atoms with E-state index in [0.29, 0.717) is 17.1 Å². The highest BCUT2D eigenvalue weighted by Crippen LogP contribution is 2.22. The van der Waals surface area contributed by atoms with Crippen LogP contribution in [-0.4, -0.2) is 35.9 Å². The highest BCUT2D eigenvalue weighted by Gasteiger charge is 2.24. The average molecular weight is 390 g/mol. The summed E-state index contributed by atoms with van der Waals surface area (Å²) >= 11 is 1.31. The number of rotatable bonds is 9. The third-order valence-electron chi connectivity index (χ3n) is 3.82. The minimum atomic E-state index is -0.661. The molecule has 1 atom stereocenters. The van der Waals surface area contributed by atoms with Crippen molar-refractivity contribution in [3.05, 3.63) is 56.8 Å². The van der Waals surface area contributed by atoms with E-state index in [9.17, 15) is 19.7 Å². The SMILES string of the molecule is CC(C)[C@@H](NC(=O)c1cccs1)C(=O)NCCNc1ccccc1[N+](=O)[O-]. The molecule has 0 saturated carbocycles. The van der Waals surface area contributed by atoms with Crippen molar-refractivity contribution in [1.29, 1.82) is 0 Å². The largest absolute Gasteiger partial charge is 0.378 e. The normalized spacial score (nSPS) is 11.7. The zero-order chi connectivity index (χ0) is 19.8. The first-order valence-corrected chi connectivity index (χ1v) is 9.37. The van der Waals surface area contributed by atoms with E-state index in [1.165, 1.54) is 17.4 Å². The number of carbonyl (C=O) groups is 2. The minimum absolute atomic E-state index is 0.0212. The van der Waals surface area contributed by atoms with Crippen LogP contribution in [0, 0.1) is 16.0 Å². The Labute approximate surface area is 161 Å². The van der Waals surface area contributed by atoms with Crippen LogP contribution in [0.25, 0.3) is 0 Å². The van der Waals surface area contributed by atoms with E-state index in [-0.39, 0.29) is 30.0 Å². The molecule has 0 unspecified atom stereocenters. The van der Waals surface area contributed by atoms with Gasteiger partial charge in [0.15, 0.2) is 0 Å². The highest BCUT2D eigenvalue weighted by molar-refractivity contribution is 7.12. The fourth-order valence-electron chi connectivity index (χ4n) is 2.43. The molecule has 144 valence electrons. The Kier molecular flexibility index (Phi) is 7.30. The molecule has 2 aromatic rings. The number of carbonyl (C=O) groups excluding carboxylic acids is 2. The predicted octanol–water partition coefficient (Wildman–Crippen LogP) is 2.64. The molecule has 27 heavy (non-hydrogen) atoms. The van der Waals surface area contributed by atoms with E-state index in [1.54, 1.807) is 35.7 Å². The van der Waals surface area contributed by atoms with Crippen LogP contribution in [0.15, 0.2) is 41.8 Å². The lowest BCUT2D eigenvalue weighted by molar-refractivity contribution is -0.384. The number of nitrogens with zero attached hydrogens (tertiary/aromatic N) is 1. The zero-order valence-corrected chi connectivity index (χ0v) is 15.9. The molecule has 3 N–H and O–H groups in total. The Balaban J connectivity index is 1.86. The van der Waals surface area contributed by atoms with Crippen LogP contribution in [0.3, 0.4) is 0 Å². The topological polar surface area (TPSA) is 113 Å². The predicted molar refractivity (Wildman–Crippen MR) is 105 cm³/mol. The van der Waals surface area contributed by atoms with E-state index < -0.39 is 11.0 Å². The van der Waals surface area contributed by atoms with Crippen molar-refractivity contribution in [2.45, 2.75) is 19.9 Å². The molecular weight excluding hydrogens is 368 g/mol. The summed E-state index contributed by atoms with van der Waals surface area (Å²) in [7, 11) is 0. The summed E-state index contributed by atoms with van der Waals surface area (Å²) in [5.41, 5.74) is 0.371. The van der Waals surface area contributed by atoms with Crippen LogP contribution in [0.5, 0.6) is 0 Å². The van der Waals surface area contributed by atoms with Gasteiger partial charge in [0.1, 0.15) is 11.7 Å². The summed E-state index contributed by atoms with van der Waals surface area (Å²) in [5.74, 6) is -0.659. The lowest BCUT2D eigenvalue weighted by Gasteiger charge is -2.21. The van der Waals surface area contributed by atoms with Crippen LogP contribution >= 0.6 is 11.3 Å². The Morgan fingerprint density at radius 1 is 1.15 bits per heavy atom. The number of thiophene rings is 1. The first-order chi connectivity index (χ1) is 12.9. The number of hydrogen-bond donors (Lipinski definition) is 3. The number of nitrogens with one attached hydrogen (secondary N) is 3. The maximum Gasteiger partial charge on any atom is 0.292 e. The quantitative estimate of drug-likeness (QED) is 0.346. The maximum atomic E-state index is 12.4. The number of hydrogen-bond acceptors (Lipinski definition) is 6. The second-order valence-electron chi connectivity index (χ2n) is 6.16. The highest BCUT2D eigenvalue weighted by atomic mass is 32.1. The molecule has 0 aliphatic rings. The van der Waals surface area contributed by atoms with Crippen molar-refractivity contribution >= 4 is 34.5 Å². The lowest BCUT2D eigenvalue weighted by Crippen LogP contribution is -2.50. The number of nitro benzene ring substituents is 1. The molecule has 0 fully saturated rings. The molecule has 0 saturated heterocycles. The van der Waals surface area contributed by atoms with Gasteiger partial charge in [-0.3, -0.25) is 19.7 Å². The molecule has 0 aliphatic carbocycles. The minimum Gasteiger partial charge on any atom is -0.378 e. The summed E-state index contributed by atoms with van der Waals surface area (Å²) in [6.45, 7) is 4.29. The number of nitro groups is 1. The monoisotopic (exact) mass is 390 g/mol. The molecule has 1 heterocycles. The summed E-state index contributed by atoms with van der Waals surface area (Å²) in [4.78, 5) is 35.7. The third kappa shape index (κ3) is 5.78. The molecular formula is C18H22N4O4S. The summed E-state index contributed by atoms with van der Waals surface area (Å²) in [5, 5.41) is 21.2. The molecule has 0 radical (unpaired) electrons. The molecule has 9 heteroatoms. The molecule has 2 amide bonds. The Hall–Kier alpha value is -2.94. The van der Waals surface area contributed by atoms with Gasteiger partial charge in [0.05, 0.1) is 9.80 Å². The van der Waals surface area contributed by atoms with E-state index in [1.807, 2.05) is 13.8 Å². The molecule has 0 aliphatic heterocycles. The van der Waals surface area contributed by atoms with Gasteiger partial charge < -0.3 is 16.0 Å². The Morgan fingerprint density at radius 2 is 1.89 bits per heavy atom. The van der Waals surface area contributed by atoms with E-state index in [2.05, 4.69) is 16.0 Å². The van der Waals surface area contributed by atoms with Gasteiger partial charge in [0.25, 0.3) is 11.6 Å². The Morgan fingerprint density at radius 3 is 2.52 bits per heavy atom. The van der Waals surface area contributed by atoms with E-state index in [0.717, 1.165) is 0 Å². The summed E-state index contributed by atoms with van der Waals surface area (Å²) < 4.78 is 0. The summed E-state index contributed by atoms with van der Waals surface area (Å²) in [6.07, 6.45) is 0. The second kappa shape index (κ2) is 9.67. The molecule has 0 spiro atoms. The second-order valence-corrected chi connectivity index (χ2v) is 7.11. The maximum absolute atomic E-state index is 12.4. The van der Waals surface area contributed by atoms with Gasteiger partial charge in [0, 0.05) is 19.2 Å². The van der Waals surface area contributed by atoms with E-state index in [4.69, 9.17) is 0 Å². The number of benzene rings is 1. The smallest absolute Gasteiger partial charge is 0.292 e. The van der Waals surface area contributed by atoms with Crippen molar-refractivity contribution in [2.24, 2.45) is 5.92 Å². The number of amides is 2. The van der Waals surface area contributed by atoms with Crippen molar-refractivity contribution in [1.82, 2.24) is 10.6 Å². The zero-order valence-electron chi connectivity index (χ0n) is 15.1. The van der Waals surface area contributed by atoms with Crippen LogP contribution in [0.4, 0.5) is 11.4 Å². The third-order valence-corrected chi connectivity index (χ3v) is 4.69. The Bertz CT molecular complexity index is 792. The van der Waals surface area contributed by atoms with Crippen LogP contribution < -0.4 is 16.0 Å². The number of anilines is 1. The fourth-order valence-corrected chi connectivity index (χ4v) is 3.06. The molecule has 1 aromatic heterocycles. The van der Waals surface area contributed by atoms with Gasteiger partial charge in [-0.1, -0.05) is 32.0 Å². The van der Waals surface area contributed by atoms with Gasteiger partial charge in [0.2, 0.25) is 5.91 Å². The lowest BCUT2D eigenvalue weighted by atomic mass is 10.0. The molecule has 1 aromatic carbocycles. The van der Waals surface area contributed by atoms with Gasteiger partial charge >= 0.3 is 0 Å². The summed E-state index contributed by atoms with van der Waals surface area (Å²) in [6, 6.07) is 9.13. The first kappa shape index (κ1) is 20.4. The van der Waals surface area contributed by atoms with Crippen molar-refractivity contribution in [2.75, 3.05) is 18.4 Å². The standard InChI is InChI=1S/C18H22N4O4S/c1-12(2)16(21-17(23)15-8-5-11-27-15)18(24)20-10-9-19-13-6-3-4-7-14(13)22(25)26/h3-8,11-12,16,19H,9-10H2,1-2H3,(H,20,24)(H,21,23)/t16-/m1/s1. The van der Waals surface area contributed by atoms with E-state index >= 15 is 0 Å². The molecule has 2 rings (SSSR count). The van der Waals surface area contributed by atoms with Crippen molar-refractivity contribution in [3.8, 4) is 0 Å². The molecule has 8 nitrogen and oxygen atoms in total. The van der Waals surface area contributed by atoms with Crippen LogP contribution in [0.2, 0.25) is 0 Å². The fraction of sp³-hybridized carbons (Fsp3) is 0.333. The van der Waals surface area contributed by atoms with Crippen LogP contribution in [-0.2, 0) is 4.79 Å². The average Bonchev–Trinajstić information content (AvgIpc) is 3.17. The van der Waals surface area contributed by atoms with Gasteiger partial charge in [-0.25, -0.2) is 0 Å². The first-order valence-electron chi connectivity index (χ1n) is 8.49. The van der Waals surface area contributed by atoms with Gasteiger partial charge in [-0.05, 0) is 23.4 Å². The molecule has 0 bridgehead atoms. The van der Waals surface area contributed by atoms with Crippen LogP contribution in [0.1, 0.15) is 23.5 Å². The van der Waals surface area contributed by atoms with Crippen molar-refractivity contribution in [3.63, 3.8) is 0 Å². The van der Waals surface area contributed by atoms with Gasteiger partial charge in [-0.2, -0.15) is 0 Å². The number of para-hydroxylation sites is 2. The van der Waals surface area contributed by atoms with Gasteiger partial charge in [-0.15, -0.1) is 11.3 Å². The van der Waals surface area contributed by atoms with Crippen molar-refractivity contribution < 1.29 is 14.5 Å².